The largest absolute Gasteiger partial charge is 0.494 e. The van der Waals surface area contributed by atoms with Crippen LogP contribution in [0.15, 0.2) is 41.3 Å². The predicted octanol–water partition coefficient (Wildman–Crippen LogP) is 4.11. The van der Waals surface area contributed by atoms with Crippen molar-refractivity contribution in [2.24, 2.45) is 7.05 Å². The summed E-state index contributed by atoms with van der Waals surface area (Å²) in [6.45, 7) is 8.31. The van der Waals surface area contributed by atoms with Crippen LogP contribution in [-0.4, -0.2) is 17.1 Å². The molecule has 0 fully saturated rings. The summed E-state index contributed by atoms with van der Waals surface area (Å²) < 4.78 is 7.29. The fraction of sp³-hybridized carbons (Fsp3) is 0.273. The van der Waals surface area contributed by atoms with Gasteiger partial charge in [-0.1, -0.05) is 17.7 Å². The molecule has 5 heteroatoms. The Labute approximate surface area is 158 Å². The van der Waals surface area contributed by atoms with Crippen LogP contribution in [0.1, 0.15) is 34.0 Å². The Hall–Kier alpha value is -3.08. The monoisotopic (exact) mass is 364 g/mol. The molecule has 0 aliphatic carbocycles. The first-order chi connectivity index (χ1) is 12.8. The molecule has 0 saturated heterocycles. The number of amides is 1. The number of pyridine rings is 1. The summed E-state index contributed by atoms with van der Waals surface area (Å²) in [5.74, 6) is 0.208. The van der Waals surface area contributed by atoms with Crippen LogP contribution in [0.25, 0.3) is 10.9 Å². The maximum atomic E-state index is 13.0. The maximum absolute atomic E-state index is 13.0. The maximum Gasteiger partial charge on any atom is 0.261 e. The second-order valence-corrected chi connectivity index (χ2v) is 6.82. The summed E-state index contributed by atoms with van der Waals surface area (Å²) in [5.41, 5.74) is 4.38. The molecule has 1 heterocycles. The molecule has 0 bridgehead atoms. The number of benzene rings is 2. The quantitative estimate of drug-likeness (QED) is 0.758. The molecule has 0 aliphatic heterocycles. The van der Waals surface area contributed by atoms with Crippen molar-refractivity contribution in [3.8, 4) is 5.75 Å². The van der Waals surface area contributed by atoms with Crippen molar-refractivity contribution in [2.45, 2.75) is 27.7 Å². The average Bonchev–Trinajstić information content (AvgIpc) is 2.61. The van der Waals surface area contributed by atoms with Gasteiger partial charge in [0.05, 0.1) is 17.5 Å². The molecule has 1 amide bonds. The van der Waals surface area contributed by atoms with E-state index < -0.39 is 5.91 Å². The third-order valence-corrected chi connectivity index (χ3v) is 4.63. The molecule has 27 heavy (non-hydrogen) atoms. The van der Waals surface area contributed by atoms with Crippen molar-refractivity contribution < 1.29 is 9.53 Å². The van der Waals surface area contributed by atoms with Gasteiger partial charge in [-0.05, 0) is 57.0 Å². The van der Waals surface area contributed by atoms with Crippen LogP contribution >= 0.6 is 0 Å². The lowest BCUT2D eigenvalue weighted by molar-refractivity contribution is 0.102. The van der Waals surface area contributed by atoms with E-state index in [-0.39, 0.29) is 11.0 Å². The molecule has 1 aromatic heterocycles. The molecule has 2 aromatic carbocycles. The zero-order chi connectivity index (χ0) is 19.7. The van der Waals surface area contributed by atoms with Gasteiger partial charge in [0.1, 0.15) is 11.3 Å². The Bertz CT molecular complexity index is 1070. The number of fused-ring (bicyclic) bond motifs is 1. The summed E-state index contributed by atoms with van der Waals surface area (Å²) in [4.78, 5) is 25.8. The van der Waals surface area contributed by atoms with Gasteiger partial charge in [-0.3, -0.25) is 9.59 Å². The van der Waals surface area contributed by atoms with Gasteiger partial charge in [-0.25, -0.2) is 0 Å². The van der Waals surface area contributed by atoms with Crippen molar-refractivity contribution in [3.63, 3.8) is 0 Å². The third kappa shape index (κ3) is 3.58. The average molecular weight is 364 g/mol. The van der Waals surface area contributed by atoms with Gasteiger partial charge in [0, 0.05) is 18.9 Å². The number of aryl methyl sites for hydroxylation is 4. The number of nitrogens with one attached hydrogen (secondary N) is 1. The minimum atomic E-state index is -0.408. The van der Waals surface area contributed by atoms with E-state index in [1.807, 2.05) is 59.0 Å². The summed E-state index contributed by atoms with van der Waals surface area (Å²) in [6.07, 6.45) is 1.58. The molecule has 0 atom stereocenters. The van der Waals surface area contributed by atoms with Crippen molar-refractivity contribution in [2.75, 3.05) is 11.9 Å². The van der Waals surface area contributed by atoms with Gasteiger partial charge in [0.25, 0.3) is 5.91 Å². The summed E-state index contributed by atoms with van der Waals surface area (Å²) in [5, 5.41) is 3.38. The van der Waals surface area contributed by atoms with Gasteiger partial charge < -0.3 is 14.6 Å². The number of ether oxygens (including phenoxy) is 1. The molecule has 5 nitrogen and oxygen atoms in total. The molecule has 0 unspecified atom stereocenters. The minimum Gasteiger partial charge on any atom is -0.494 e. The Balaban J connectivity index is 2.07. The normalized spacial score (nSPS) is 10.9. The lowest BCUT2D eigenvalue weighted by atomic mass is 10.0. The zero-order valence-corrected chi connectivity index (χ0v) is 16.3. The highest BCUT2D eigenvalue weighted by atomic mass is 16.5. The fourth-order valence-corrected chi connectivity index (χ4v) is 3.45. The van der Waals surface area contributed by atoms with E-state index in [1.54, 1.807) is 16.8 Å². The van der Waals surface area contributed by atoms with Crippen molar-refractivity contribution in [1.29, 1.82) is 0 Å². The second kappa shape index (κ2) is 7.27. The number of hydrogen-bond acceptors (Lipinski definition) is 3. The van der Waals surface area contributed by atoms with E-state index in [4.69, 9.17) is 4.74 Å². The third-order valence-electron chi connectivity index (χ3n) is 4.63. The summed E-state index contributed by atoms with van der Waals surface area (Å²) in [7, 11) is 1.82. The highest BCUT2D eigenvalue weighted by Gasteiger charge is 2.17. The standard InChI is InChI=1S/C22H24N2O3/c1-6-27-16-7-8-19-17(11-16)21(25)18(12-24(19)5)22(26)23-20-14(3)9-13(2)10-15(20)4/h7-12H,6H2,1-5H3,(H,23,26). The van der Waals surface area contributed by atoms with Crippen LogP contribution < -0.4 is 15.5 Å². The van der Waals surface area contributed by atoms with Crippen LogP contribution in [0.3, 0.4) is 0 Å². The van der Waals surface area contributed by atoms with Crippen LogP contribution in [-0.2, 0) is 7.05 Å². The van der Waals surface area contributed by atoms with Gasteiger partial charge in [-0.2, -0.15) is 0 Å². The number of aromatic nitrogens is 1. The molecule has 0 saturated carbocycles. The number of rotatable bonds is 4. The van der Waals surface area contributed by atoms with Crippen molar-refractivity contribution >= 4 is 22.5 Å². The predicted molar refractivity (Wildman–Crippen MR) is 109 cm³/mol. The van der Waals surface area contributed by atoms with Crippen LogP contribution in [0.5, 0.6) is 5.75 Å². The molecule has 0 radical (unpaired) electrons. The van der Waals surface area contributed by atoms with Crippen LogP contribution in [0.4, 0.5) is 5.69 Å². The van der Waals surface area contributed by atoms with Crippen LogP contribution in [0.2, 0.25) is 0 Å². The first-order valence-corrected chi connectivity index (χ1v) is 8.97. The van der Waals surface area contributed by atoms with E-state index in [2.05, 4.69) is 5.32 Å². The van der Waals surface area contributed by atoms with Crippen LogP contribution in [0, 0.1) is 20.8 Å². The smallest absolute Gasteiger partial charge is 0.261 e. The molecular formula is C22H24N2O3. The minimum absolute atomic E-state index is 0.109. The summed E-state index contributed by atoms with van der Waals surface area (Å²) in [6, 6.07) is 9.37. The van der Waals surface area contributed by atoms with Crippen molar-refractivity contribution in [1.82, 2.24) is 4.57 Å². The Morgan fingerprint density at radius 2 is 1.78 bits per heavy atom. The molecule has 3 aromatic rings. The molecular weight excluding hydrogens is 340 g/mol. The Morgan fingerprint density at radius 3 is 2.41 bits per heavy atom. The molecule has 140 valence electrons. The molecule has 3 rings (SSSR count). The first kappa shape index (κ1) is 18.7. The highest BCUT2D eigenvalue weighted by Crippen LogP contribution is 2.23. The number of carbonyl (C=O) groups excluding carboxylic acids is 1. The topological polar surface area (TPSA) is 60.3 Å². The summed E-state index contributed by atoms with van der Waals surface area (Å²) >= 11 is 0. The van der Waals surface area contributed by atoms with E-state index in [1.165, 1.54) is 0 Å². The SMILES string of the molecule is CCOc1ccc2c(c1)c(=O)c(C(=O)Nc1c(C)cc(C)cc1C)cn2C. The lowest BCUT2D eigenvalue weighted by Crippen LogP contribution is -2.24. The number of carbonyl (C=O) groups is 1. The van der Waals surface area contributed by atoms with E-state index in [0.29, 0.717) is 17.7 Å². The van der Waals surface area contributed by atoms with Crippen molar-refractivity contribution in [3.05, 3.63) is 69.0 Å². The van der Waals surface area contributed by atoms with Gasteiger partial charge in [0.2, 0.25) is 5.43 Å². The first-order valence-electron chi connectivity index (χ1n) is 8.97. The molecule has 0 aliphatic rings. The van der Waals surface area contributed by atoms with E-state index in [0.717, 1.165) is 27.9 Å². The van der Waals surface area contributed by atoms with Gasteiger partial charge in [-0.15, -0.1) is 0 Å². The second-order valence-electron chi connectivity index (χ2n) is 6.82. The Kier molecular flexibility index (Phi) is 5.04. The number of hydrogen-bond donors (Lipinski definition) is 1. The van der Waals surface area contributed by atoms with Gasteiger partial charge in [0.15, 0.2) is 0 Å². The number of anilines is 1. The fourth-order valence-electron chi connectivity index (χ4n) is 3.45. The van der Waals surface area contributed by atoms with E-state index in [9.17, 15) is 9.59 Å². The van der Waals surface area contributed by atoms with E-state index >= 15 is 0 Å². The van der Waals surface area contributed by atoms with Gasteiger partial charge >= 0.3 is 0 Å². The Morgan fingerprint density at radius 1 is 1.11 bits per heavy atom. The molecule has 1 N–H and O–H groups in total. The highest BCUT2D eigenvalue weighted by molar-refractivity contribution is 6.06. The lowest BCUT2D eigenvalue weighted by Gasteiger charge is -2.14. The zero-order valence-electron chi connectivity index (χ0n) is 16.3. The number of nitrogens with zero attached hydrogens (tertiary/aromatic N) is 1. The molecule has 0 spiro atoms.